The number of halogens is 1. The monoisotopic (exact) mass is 430 g/mol. The Morgan fingerprint density at radius 2 is 1.97 bits per heavy atom. The zero-order chi connectivity index (χ0) is 21.7. The number of amides is 3. The molecule has 0 bridgehead atoms. The Kier molecular flexibility index (Phi) is 7.18. The van der Waals surface area contributed by atoms with E-state index in [0.29, 0.717) is 22.8 Å². The van der Waals surface area contributed by atoms with Gasteiger partial charge in [0.2, 0.25) is 0 Å². The third kappa shape index (κ3) is 5.87. The molecule has 1 aliphatic rings. The summed E-state index contributed by atoms with van der Waals surface area (Å²) >= 11 is 6.16. The van der Waals surface area contributed by atoms with E-state index in [2.05, 4.69) is 16.0 Å². The average molecular weight is 431 g/mol. The van der Waals surface area contributed by atoms with Crippen LogP contribution < -0.4 is 20.7 Å². The van der Waals surface area contributed by atoms with Crippen LogP contribution in [0.4, 0.5) is 10.5 Å². The number of nitrogens with zero attached hydrogens (tertiary/aromatic N) is 1. The smallest absolute Gasteiger partial charge is 0.319 e. The minimum Gasteiger partial charge on any atom is -0.497 e. The summed E-state index contributed by atoms with van der Waals surface area (Å²) < 4.78 is 5.30. The molecule has 1 atom stereocenters. The number of methoxy groups -OCH3 is 1. The summed E-state index contributed by atoms with van der Waals surface area (Å²) in [5.74, 6) is 0.541. The molecule has 3 rings (SSSR count). The van der Waals surface area contributed by atoms with Crippen LogP contribution in [0.15, 0.2) is 42.5 Å². The highest BCUT2D eigenvalue weighted by molar-refractivity contribution is 6.34. The number of nitrogens with one attached hydrogen (secondary N) is 3. The molecular formula is C22H27ClN4O3. The maximum Gasteiger partial charge on any atom is 0.319 e. The van der Waals surface area contributed by atoms with Crippen LogP contribution in [0.1, 0.15) is 34.8 Å². The molecule has 2 aromatic rings. The molecular weight excluding hydrogens is 404 g/mol. The van der Waals surface area contributed by atoms with Crippen molar-refractivity contribution in [2.24, 2.45) is 0 Å². The molecule has 30 heavy (non-hydrogen) atoms. The van der Waals surface area contributed by atoms with Gasteiger partial charge >= 0.3 is 6.03 Å². The van der Waals surface area contributed by atoms with Crippen LogP contribution in [0.3, 0.4) is 0 Å². The van der Waals surface area contributed by atoms with Crippen LogP contribution >= 0.6 is 11.6 Å². The molecule has 0 saturated heterocycles. The van der Waals surface area contributed by atoms with E-state index in [9.17, 15) is 9.59 Å². The standard InChI is InChI=1S/C22H27ClN4O3/c1-27(2)20(14-5-4-6-17(11-14)30-3)13-24-22(29)26-16-9-10-19(23)18(12-16)21(28)25-15-7-8-15/h4-6,9-12,15,20H,7-8,13H2,1-3H3,(H,25,28)(H2,24,26,29). The first-order valence-corrected chi connectivity index (χ1v) is 10.2. The number of rotatable bonds is 8. The summed E-state index contributed by atoms with van der Waals surface area (Å²) in [6.07, 6.45) is 1.98. The summed E-state index contributed by atoms with van der Waals surface area (Å²) in [6.45, 7) is 0.397. The molecule has 0 radical (unpaired) electrons. The van der Waals surface area contributed by atoms with Crippen molar-refractivity contribution in [3.05, 3.63) is 58.6 Å². The van der Waals surface area contributed by atoms with Gasteiger partial charge < -0.3 is 25.6 Å². The van der Waals surface area contributed by atoms with Crippen molar-refractivity contribution in [3.8, 4) is 5.75 Å². The third-order valence-corrected chi connectivity index (χ3v) is 5.27. The number of likely N-dealkylation sites (N-methyl/N-ethyl adjacent to an activating group) is 1. The van der Waals surface area contributed by atoms with Gasteiger partial charge in [-0.2, -0.15) is 0 Å². The molecule has 8 heteroatoms. The molecule has 0 aromatic heterocycles. The van der Waals surface area contributed by atoms with Crippen molar-refractivity contribution in [1.29, 1.82) is 0 Å². The fourth-order valence-corrected chi connectivity index (χ4v) is 3.28. The largest absolute Gasteiger partial charge is 0.497 e. The van der Waals surface area contributed by atoms with Gasteiger partial charge in [-0.1, -0.05) is 23.7 Å². The van der Waals surface area contributed by atoms with Crippen LogP contribution in [-0.4, -0.2) is 50.6 Å². The molecule has 7 nitrogen and oxygen atoms in total. The van der Waals surface area contributed by atoms with Gasteiger partial charge in [0.1, 0.15) is 5.75 Å². The lowest BCUT2D eigenvalue weighted by Gasteiger charge is -2.25. The first-order valence-electron chi connectivity index (χ1n) is 9.83. The van der Waals surface area contributed by atoms with Gasteiger partial charge in [-0.05, 0) is 62.8 Å². The second-order valence-electron chi connectivity index (χ2n) is 7.53. The highest BCUT2D eigenvalue weighted by atomic mass is 35.5. The van der Waals surface area contributed by atoms with Gasteiger partial charge in [-0.25, -0.2) is 4.79 Å². The van der Waals surface area contributed by atoms with Crippen molar-refractivity contribution in [2.45, 2.75) is 24.9 Å². The fraction of sp³-hybridized carbons (Fsp3) is 0.364. The number of benzene rings is 2. The van der Waals surface area contributed by atoms with Gasteiger partial charge in [-0.15, -0.1) is 0 Å². The number of ether oxygens (including phenoxy) is 1. The molecule has 1 aliphatic carbocycles. The summed E-state index contributed by atoms with van der Waals surface area (Å²) in [7, 11) is 5.53. The van der Waals surface area contributed by atoms with E-state index in [0.717, 1.165) is 24.2 Å². The lowest BCUT2D eigenvalue weighted by atomic mass is 10.1. The van der Waals surface area contributed by atoms with Crippen LogP contribution in [0.5, 0.6) is 5.75 Å². The lowest BCUT2D eigenvalue weighted by molar-refractivity contribution is 0.0951. The van der Waals surface area contributed by atoms with Gasteiger partial charge in [0.05, 0.1) is 23.7 Å². The number of hydrogen-bond acceptors (Lipinski definition) is 4. The molecule has 1 unspecified atom stereocenters. The van der Waals surface area contributed by atoms with E-state index in [1.807, 2.05) is 43.3 Å². The van der Waals surface area contributed by atoms with E-state index in [4.69, 9.17) is 16.3 Å². The quantitative estimate of drug-likeness (QED) is 0.596. The summed E-state index contributed by atoms with van der Waals surface area (Å²) in [6, 6.07) is 12.5. The first kappa shape index (κ1) is 21.9. The fourth-order valence-electron chi connectivity index (χ4n) is 3.08. The van der Waals surface area contributed by atoms with Gasteiger partial charge in [0, 0.05) is 18.3 Å². The Hall–Kier alpha value is -2.77. The Balaban J connectivity index is 1.62. The van der Waals surface area contributed by atoms with Gasteiger partial charge in [0.15, 0.2) is 0 Å². The lowest BCUT2D eigenvalue weighted by Crippen LogP contribution is -2.37. The maximum absolute atomic E-state index is 12.4. The molecule has 2 aromatic carbocycles. The number of hydrogen-bond donors (Lipinski definition) is 3. The number of urea groups is 1. The Labute approximate surface area is 181 Å². The molecule has 3 amide bonds. The second-order valence-corrected chi connectivity index (χ2v) is 7.94. The molecule has 0 aliphatic heterocycles. The van der Waals surface area contributed by atoms with Crippen molar-refractivity contribution in [2.75, 3.05) is 33.1 Å². The van der Waals surface area contributed by atoms with Gasteiger partial charge in [0.25, 0.3) is 5.91 Å². The third-order valence-electron chi connectivity index (χ3n) is 4.94. The maximum atomic E-state index is 12.4. The SMILES string of the molecule is COc1cccc(C(CNC(=O)Nc2ccc(Cl)c(C(=O)NC3CC3)c2)N(C)C)c1. The molecule has 0 heterocycles. The minimum absolute atomic E-state index is 0.0315. The zero-order valence-corrected chi connectivity index (χ0v) is 18.1. The van der Waals surface area contributed by atoms with Crippen LogP contribution in [0.25, 0.3) is 0 Å². The molecule has 1 fully saturated rings. The topological polar surface area (TPSA) is 82.7 Å². The van der Waals surface area contributed by atoms with E-state index >= 15 is 0 Å². The number of carbonyl (C=O) groups excluding carboxylic acids is 2. The predicted molar refractivity (Wildman–Crippen MR) is 118 cm³/mol. The molecule has 160 valence electrons. The second kappa shape index (κ2) is 9.82. The van der Waals surface area contributed by atoms with E-state index in [1.165, 1.54) is 0 Å². The molecule has 0 spiro atoms. The van der Waals surface area contributed by atoms with Crippen molar-refractivity contribution >= 4 is 29.2 Å². The summed E-state index contributed by atoms with van der Waals surface area (Å²) in [5, 5.41) is 8.91. The Morgan fingerprint density at radius 3 is 2.63 bits per heavy atom. The highest BCUT2D eigenvalue weighted by Crippen LogP contribution is 2.24. The first-order chi connectivity index (χ1) is 14.4. The average Bonchev–Trinajstić information content (AvgIpc) is 3.53. The predicted octanol–water partition coefficient (Wildman–Crippen LogP) is 3.67. The Morgan fingerprint density at radius 1 is 1.20 bits per heavy atom. The highest BCUT2D eigenvalue weighted by Gasteiger charge is 2.25. The van der Waals surface area contributed by atoms with Gasteiger partial charge in [-0.3, -0.25) is 4.79 Å². The molecule has 1 saturated carbocycles. The zero-order valence-electron chi connectivity index (χ0n) is 17.4. The number of anilines is 1. The summed E-state index contributed by atoms with van der Waals surface area (Å²) in [5.41, 5.74) is 1.88. The normalized spacial score (nSPS) is 14.2. The van der Waals surface area contributed by atoms with E-state index in [1.54, 1.807) is 25.3 Å². The van der Waals surface area contributed by atoms with Crippen molar-refractivity contribution in [1.82, 2.24) is 15.5 Å². The van der Waals surface area contributed by atoms with E-state index in [-0.39, 0.29) is 24.0 Å². The molecule has 3 N–H and O–H groups in total. The Bertz CT molecular complexity index is 915. The van der Waals surface area contributed by atoms with Crippen LogP contribution in [0, 0.1) is 0 Å². The summed E-state index contributed by atoms with van der Waals surface area (Å²) in [4.78, 5) is 26.8. The van der Waals surface area contributed by atoms with Crippen LogP contribution in [0.2, 0.25) is 5.02 Å². The van der Waals surface area contributed by atoms with Crippen LogP contribution in [-0.2, 0) is 0 Å². The minimum atomic E-state index is -0.361. The van der Waals surface area contributed by atoms with E-state index < -0.39 is 0 Å². The van der Waals surface area contributed by atoms with Crippen molar-refractivity contribution in [3.63, 3.8) is 0 Å². The number of carbonyl (C=O) groups is 2. The van der Waals surface area contributed by atoms with Crippen molar-refractivity contribution < 1.29 is 14.3 Å².